The van der Waals surface area contributed by atoms with Crippen molar-refractivity contribution >= 4 is 21.6 Å². The van der Waals surface area contributed by atoms with Crippen molar-refractivity contribution in [2.45, 2.75) is 57.7 Å². The van der Waals surface area contributed by atoms with Crippen molar-refractivity contribution in [1.82, 2.24) is 15.0 Å². The maximum atomic E-state index is 13.5. The number of methoxy groups -OCH3 is 1. The van der Waals surface area contributed by atoms with Crippen LogP contribution in [0.1, 0.15) is 36.4 Å². The number of aliphatic hydroxyl groups is 1. The van der Waals surface area contributed by atoms with Crippen LogP contribution in [0.3, 0.4) is 0 Å². The van der Waals surface area contributed by atoms with E-state index >= 15 is 0 Å². The number of amides is 1. The van der Waals surface area contributed by atoms with E-state index in [4.69, 9.17) is 14.0 Å². The van der Waals surface area contributed by atoms with Crippen molar-refractivity contribution in [3.63, 3.8) is 0 Å². The van der Waals surface area contributed by atoms with Crippen molar-refractivity contribution in [2.24, 2.45) is 5.92 Å². The highest BCUT2D eigenvalue weighted by Gasteiger charge is 2.32. The van der Waals surface area contributed by atoms with Crippen molar-refractivity contribution in [1.29, 1.82) is 0 Å². The minimum Gasteiger partial charge on any atom is -0.497 e. The maximum absolute atomic E-state index is 13.5. The first-order chi connectivity index (χ1) is 19.9. The molecule has 42 heavy (non-hydrogen) atoms. The van der Waals surface area contributed by atoms with E-state index in [0.717, 1.165) is 11.3 Å². The summed E-state index contributed by atoms with van der Waals surface area (Å²) in [5.41, 5.74) is 2.21. The average Bonchev–Trinajstić information content (AvgIpc) is 3.31. The van der Waals surface area contributed by atoms with Crippen LogP contribution in [-0.4, -0.2) is 80.4 Å². The Kier molecular flexibility index (Phi) is 9.80. The van der Waals surface area contributed by atoms with Gasteiger partial charge in [-0.05, 0) is 63.7 Å². The van der Waals surface area contributed by atoms with E-state index in [1.165, 1.54) is 6.92 Å². The highest BCUT2D eigenvalue weighted by atomic mass is 32.2. The third-order valence-corrected chi connectivity index (χ3v) is 9.13. The number of carbonyl (C=O) groups is 1. The zero-order valence-electron chi connectivity index (χ0n) is 25.0. The predicted molar refractivity (Wildman–Crippen MR) is 158 cm³/mol. The lowest BCUT2D eigenvalue weighted by Crippen LogP contribution is -2.47. The average molecular weight is 601 g/mol. The van der Waals surface area contributed by atoms with Crippen LogP contribution >= 0.6 is 0 Å². The molecule has 12 heteroatoms. The normalized spacial score (nSPS) is 18.5. The van der Waals surface area contributed by atoms with Gasteiger partial charge in [0.15, 0.2) is 10.7 Å². The largest absolute Gasteiger partial charge is 0.497 e. The number of aromatic nitrogens is 1. The fourth-order valence-corrected chi connectivity index (χ4v) is 6.57. The second-order valence-corrected chi connectivity index (χ2v) is 12.6. The van der Waals surface area contributed by atoms with Gasteiger partial charge in [0.25, 0.3) is 10.0 Å². The standard InChI is InChI=1S/C30H40N4O7S/c1-19-15-34(20(2)18-35)29(36)14-24-13-25(32-42(37,38)30-21(3)31-41-22(30)4)9-12-27(24)40-28(19)17-33(5)16-23-7-10-26(39-6)11-8-23/h7-13,19-20,28,32,35H,14-18H2,1-6H3/t19-,20-,28+/m0/s1. The van der Waals surface area contributed by atoms with Gasteiger partial charge in [-0.25, -0.2) is 8.42 Å². The third kappa shape index (κ3) is 7.23. The molecule has 0 saturated heterocycles. The second kappa shape index (κ2) is 13.1. The number of hydrogen-bond donors (Lipinski definition) is 2. The first-order valence-corrected chi connectivity index (χ1v) is 15.4. The van der Waals surface area contributed by atoms with Crippen LogP contribution < -0.4 is 14.2 Å². The number of likely N-dealkylation sites (N-methyl/N-ethyl adjacent to an activating group) is 1. The SMILES string of the molecule is COc1ccc(CN(C)C[C@H]2Oc3ccc(NS(=O)(=O)c4c(C)noc4C)cc3CC(=O)N([C@@H](C)CO)C[C@@H]2C)cc1. The van der Waals surface area contributed by atoms with Gasteiger partial charge in [-0.2, -0.15) is 0 Å². The van der Waals surface area contributed by atoms with Crippen molar-refractivity contribution < 1.29 is 32.3 Å². The molecule has 11 nitrogen and oxygen atoms in total. The molecule has 1 aromatic heterocycles. The first kappa shape index (κ1) is 31.3. The number of hydrogen-bond acceptors (Lipinski definition) is 9. The molecular weight excluding hydrogens is 560 g/mol. The molecular formula is C30H40N4O7S. The number of rotatable bonds is 10. The quantitative estimate of drug-likeness (QED) is 0.359. The first-order valence-electron chi connectivity index (χ1n) is 13.9. The molecule has 1 aliphatic rings. The molecule has 228 valence electrons. The number of ether oxygens (including phenoxy) is 2. The summed E-state index contributed by atoms with van der Waals surface area (Å²) in [6, 6.07) is 12.4. The molecule has 3 atom stereocenters. The summed E-state index contributed by atoms with van der Waals surface area (Å²) in [7, 11) is -0.333. The lowest BCUT2D eigenvalue weighted by atomic mass is 10.0. The molecule has 0 unspecified atom stereocenters. The Balaban J connectivity index is 1.62. The fraction of sp³-hybridized carbons (Fsp3) is 0.467. The molecule has 0 bridgehead atoms. The van der Waals surface area contributed by atoms with Gasteiger partial charge in [0, 0.05) is 36.8 Å². The van der Waals surface area contributed by atoms with Gasteiger partial charge < -0.3 is 24.0 Å². The molecule has 0 saturated carbocycles. The molecule has 0 spiro atoms. The van der Waals surface area contributed by atoms with Crippen molar-refractivity contribution in [2.75, 3.05) is 38.6 Å². The summed E-state index contributed by atoms with van der Waals surface area (Å²) < 4.78 is 45.7. The summed E-state index contributed by atoms with van der Waals surface area (Å²) in [6.07, 6.45) is -0.307. The van der Waals surface area contributed by atoms with E-state index in [2.05, 4.69) is 14.8 Å². The number of fused-ring (bicyclic) bond motifs is 1. The topological polar surface area (TPSA) is 134 Å². The van der Waals surface area contributed by atoms with Gasteiger partial charge in [-0.15, -0.1) is 0 Å². The van der Waals surface area contributed by atoms with E-state index in [1.54, 1.807) is 37.1 Å². The summed E-state index contributed by atoms with van der Waals surface area (Å²) >= 11 is 0. The van der Waals surface area contributed by atoms with Gasteiger partial charge in [0.05, 0.1) is 26.2 Å². The molecule has 0 aliphatic carbocycles. The predicted octanol–water partition coefficient (Wildman–Crippen LogP) is 3.38. The molecule has 2 N–H and O–H groups in total. The Morgan fingerprint density at radius 3 is 2.55 bits per heavy atom. The van der Waals surface area contributed by atoms with E-state index in [1.807, 2.05) is 45.2 Å². The minimum absolute atomic E-state index is 0.0122. The Morgan fingerprint density at radius 1 is 1.21 bits per heavy atom. The Morgan fingerprint density at radius 2 is 1.93 bits per heavy atom. The Bertz CT molecular complexity index is 1470. The van der Waals surface area contributed by atoms with E-state index in [0.29, 0.717) is 30.9 Å². The zero-order valence-corrected chi connectivity index (χ0v) is 25.8. The molecule has 3 aromatic rings. The van der Waals surface area contributed by atoms with Crippen LogP contribution in [0, 0.1) is 19.8 Å². The maximum Gasteiger partial charge on any atom is 0.267 e. The number of aryl methyl sites for hydroxylation is 2. The number of sulfonamides is 1. The smallest absolute Gasteiger partial charge is 0.267 e. The lowest BCUT2D eigenvalue weighted by molar-refractivity contribution is -0.134. The van der Waals surface area contributed by atoms with Crippen LogP contribution in [-0.2, 0) is 27.8 Å². The zero-order chi connectivity index (χ0) is 30.6. The van der Waals surface area contributed by atoms with E-state index < -0.39 is 10.0 Å². The Labute approximate surface area is 247 Å². The van der Waals surface area contributed by atoms with Crippen LogP contribution in [0.15, 0.2) is 51.9 Å². The molecule has 4 rings (SSSR count). The van der Waals surface area contributed by atoms with Gasteiger partial charge in [0.2, 0.25) is 5.91 Å². The van der Waals surface area contributed by atoms with Gasteiger partial charge >= 0.3 is 0 Å². The number of carbonyl (C=O) groups excluding carboxylic acids is 1. The van der Waals surface area contributed by atoms with Crippen molar-refractivity contribution in [3.8, 4) is 11.5 Å². The summed E-state index contributed by atoms with van der Waals surface area (Å²) in [5, 5.41) is 13.7. The lowest BCUT2D eigenvalue weighted by Gasteiger charge is -2.34. The van der Waals surface area contributed by atoms with E-state index in [-0.39, 0.29) is 59.0 Å². The van der Waals surface area contributed by atoms with Crippen LogP contribution in [0.2, 0.25) is 0 Å². The monoisotopic (exact) mass is 600 g/mol. The van der Waals surface area contributed by atoms with Crippen LogP contribution in [0.5, 0.6) is 11.5 Å². The van der Waals surface area contributed by atoms with E-state index in [9.17, 15) is 18.3 Å². The number of aliphatic hydroxyl groups excluding tert-OH is 1. The number of anilines is 1. The molecule has 2 aromatic carbocycles. The molecule has 2 heterocycles. The van der Waals surface area contributed by atoms with Crippen LogP contribution in [0.25, 0.3) is 0 Å². The van der Waals surface area contributed by atoms with Gasteiger partial charge in [-0.3, -0.25) is 14.4 Å². The summed E-state index contributed by atoms with van der Waals surface area (Å²) in [4.78, 5) is 17.3. The fourth-order valence-electron chi connectivity index (χ4n) is 5.19. The second-order valence-electron chi connectivity index (χ2n) is 11.0. The van der Waals surface area contributed by atoms with Gasteiger partial charge in [-0.1, -0.05) is 24.2 Å². The van der Waals surface area contributed by atoms with Crippen molar-refractivity contribution in [3.05, 3.63) is 65.0 Å². The summed E-state index contributed by atoms with van der Waals surface area (Å²) in [6.45, 7) is 8.42. The number of nitrogens with zero attached hydrogens (tertiary/aromatic N) is 3. The minimum atomic E-state index is -3.98. The van der Waals surface area contributed by atoms with Gasteiger partial charge in [0.1, 0.15) is 23.3 Å². The molecule has 0 radical (unpaired) electrons. The molecule has 0 fully saturated rings. The highest BCUT2D eigenvalue weighted by molar-refractivity contribution is 7.92. The number of nitrogens with one attached hydrogen (secondary N) is 1. The number of benzene rings is 2. The highest BCUT2D eigenvalue weighted by Crippen LogP contribution is 2.31. The summed E-state index contributed by atoms with van der Waals surface area (Å²) in [5.74, 6) is 1.25. The third-order valence-electron chi connectivity index (χ3n) is 7.51. The Hall–Kier alpha value is -3.61. The van der Waals surface area contributed by atoms with Crippen LogP contribution in [0.4, 0.5) is 5.69 Å². The molecule has 1 aliphatic heterocycles. The molecule has 1 amide bonds.